The molecule has 0 atom stereocenters. The minimum absolute atomic E-state index is 0.229. The first kappa shape index (κ1) is 13.4. The highest BCUT2D eigenvalue weighted by Gasteiger charge is 2.20. The number of carbonyl (C=O) groups is 1. The highest BCUT2D eigenvalue weighted by atomic mass is 35.5. The number of aromatic nitrogens is 1. The topological polar surface area (TPSA) is 72.6 Å². The first-order valence-electron chi connectivity index (χ1n) is 5.49. The molecular formula is C13H12ClNO4. The molecule has 6 heteroatoms. The van der Waals surface area contributed by atoms with Gasteiger partial charge in [0.15, 0.2) is 0 Å². The Bertz CT molecular complexity index is 648. The van der Waals surface area contributed by atoms with Crippen molar-refractivity contribution in [2.75, 3.05) is 7.11 Å². The van der Waals surface area contributed by atoms with Crippen LogP contribution < -0.4 is 4.74 Å². The fraction of sp³-hybridized carbons (Fsp3) is 0.231. The van der Waals surface area contributed by atoms with Gasteiger partial charge in [-0.05, 0) is 25.0 Å². The molecule has 0 radical (unpaired) electrons. The molecule has 1 aromatic carbocycles. The molecule has 19 heavy (non-hydrogen) atoms. The van der Waals surface area contributed by atoms with E-state index in [0.717, 1.165) is 11.1 Å². The van der Waals surface area contributed by atoms with Gasteiger partial charge >= 0.3 is 5.97 Å². The van der Waals surface area contributed by atoms with Crippen molar-refractivity contribution in [2.24, 2.45) is 0 Å². The fourth-order valence-corrected chi connectivity index (χ4v) is 2.16. The number of benzene rings is 1. The number of ether oxygens (including phenoxy) is 1. The first-order chi connectivity index (χ1) is 8.95. The van der Waals surface area contributed by atoms with Crippen LogP contribution in [-0.2, 0) is 0 Å². The zero-order valence-electron chi connectivity index (χ0n) is 10.7. The molecule has 0 aliphatic heterocycles. The zero-order chi connectivity index (χ0) is 14.2. The van der Waals surface area contributed by atoms with Gasteiger partial charge in [-0.25, -0.2) is 4.79 Å². The minimum atomic E-state index is -1.17. The highest BCUT2D eigenvalue weighted by Crippen LogP contribution is 2.40. The molecule has 1 aromatic heterocycles. The summed E-state index contributed by atoms with van der Waals surface area (Å²) in [6.45, 7) is 3.74. The van der Waals surface area contributed by atoms with Crippen molar-refractivity contribution in [3.05, 3.63) is 34.0 Å². The molecule has 100 valence electrons. The molecule has 0 aliphatic rings. The third-order valence-electron chi connectivity index (χ3n) is 2.78. The third-order valence-corrected chi connectivity index (χ3v) is 3.25. The van der Waals surface area contributed by atoms with Crippen molar-refractivity contribution >= 4 is 17.6 Å². The van der Waals surface area contributed by atoms with Crippen LogP contribution in [0.15, 0.2) is 16.7 Å². The van der Waals surface area contributed by atoms with E-state index in [4.69, 9.17) is 26.0 Å². The number of carboxylic acids is 1. The molecule has 0 amide bonds. The Hall–Kier alpha value is -2.01. The van der Waals surface area contributed by atoms with Gasteiger partial charge in [0.2, 0.25) is 5.76 Å². The average molecular weight is 282 g/mol. The summed E-state index contributed by atoms with van der Waals surface area (Å²) >= 11 is 6.19. The number of hydrogen-bond donors (Lipinski definition) is 1. The lowest BCUT2D eigenvalue weighted by atomic mass is 10.0. The van der Waals surface area contributed by atoms with Gasteiger partial charge in [0, 0.05) is 6.07 Å². The molecule has 0 fully saturated rings. The van der Waals surface area contributed by atoms with Crippen LogP contribution in [0.2, 0.25) is 5.02 Å². The molecule has 0 unspecified atom stereocenters. The van der Waals surface area contributed by atoms with Gasteiger partial charge < -0.3 is 14.4 Å². The maximum absolute atomic E-state index is 10.8. The second-order valence-electron chi connectivity index (χ2n) is 4.11. The maximum Gasteiger partial charge on any atom is 0.374 e. The molecule has 5 nitrogen and oxygen atoms in total. The Balaban J connectivity index is 2.66. The number of rotatable bonds is 3. The van der Waals surface area contributed by atoms with Gasteiger partial charge in [-0.15, -0.1) is 0 Å². The third kappa shape index (κ3) is 2.29. The molecule has 0 spiro atoms. The number of methoxy groups -OCH3 is 1. The summed E-state index contributed by atoms with van der Waals surface area (Å²) in [6.07, 6.45) is 0. The molecule has 2 rings (SSSR count). The number of aryl methyl sites for hydroxylation is 2. The lowest BCUT2D eigenvalue weighted by Crippen LogP contribution is -1.95. The smallest absolute Gasteiger partial charge is 0.374 e. The maximum atomic E-state index is 10.8. The van der Waals surface area contributed by atoms with Gasteiger partial charge in [0.05, 0.1) is 17.7 Å². The predicted molar refractivity (Wildman–Crippen MR) is 69.9 cm³/mol. The second kappa shape index (κ2) is 4.93. The van der Waals surface area contributed by atoms with Crippen LogP contribution in [0.4, 0.5) is 0 Å². The molecule has 0 aliphatic carbocycles. The normalized spacial score (nSPS) is 10.5. The van der Waals surface area contributed by atoms with Crippen molar-refractivity contribution in [1.82, 2.24) is 5.16 Å². The second-order valence-corrected chi connectivity index (χ2v) is 4.49. The Kier molecular flexibility index (Phi) is 3.48. The van der Waals surface area contributed by atoms with Gasteiger partial charge in [-0.1, -0.05) is 22.8 Å². The fourth-order valence-electron chi connectivity index (χ4n) is 1.93. The van der Waals surface area contributed by atoms with Crippen LogP contribution >= 0.6 is 11.6 Å². The Morgan fingerprint density at radius 2 is 2.05 bits per heavy atom. The molecule has 0 saturated heterocycles. The van der Waals surface area contributed by atoms with E-state index >= 15 is 0 Å². The largest absolute Gasteiger partial charge is 0.494 e. The summed E-state index contributed by atoms with van der Waals surface area (Å²) in [6, 6.07) is 3.23. The summed E-state index contributed by atoms with van der Waals surface area (Å²) < 4.78 is 10.1. The number of halogens is 1. The molecule has 1 heterocycles. The van der Waals surface area contributed by atoms with Crippen LogP contribution in [-0.4, -0.2) is 23.3 Å². The standard InChI is InChI=1S/C13H12ClNO4/c1-6-4-7(2)11(14)12(18-3)10(6)8-5-9(13(16)17)19-15-8/h4-5H,1-3H3,(H,16,17). The van der Waals surface area contributed by atoms with Crippen molar-refractivity contribution in [3.8, 4) is 17.0 Å². The van der Waals surface area contributed by atoms with E-state index in [9.17, 15) is 4.79 Å². The van der Waals surface area contributed by atoms with Gasteiger partial charge in [-0.2, -0.15) is 0 Å². The molecule has 1 N–H and O–H groups in total. The van der Waals surface area contributed by atoms with E-state index in [1.165, 1.54) is 13.2 Å². The number of aromatic carboxylic acids is 1. The van der Waals surface area contributed by atoms with E-state index in [-0.39, 0.29) is 5.76 Å². The van der Waals surface area contributed by atoms with Crippen molar-refractivity contribution in [1.29, 1.82) is 0 Å². The minimum Gasteiger partial charge on any atom is -0.494 e. The monoisotopic (exact) mass is 281 g/mol. The van der Waals surface area contributed by atoms with E-state index in [1.54, 1.807) is 0 Å². The summed E-state index contributed by atoms with van der Waals surface area (Å²) in [5.74, 6) is -0.939. The van der Waals surface area contributed by atoms with Crippen LogP contribution in [0, 0.1) is 13.8 Å². The van der Waals surface area contributed by atoms with Crippen LogP contribution in [0.1, 0.15) is 21.7 Å². The average Bonchev–Trinajstić information content (AvgIpc) is 2.82. The number of carboxylic acid groups (broad SMARTS) is 1. The summed E-state index contributed by atoms with van der Waals surface area (Å²) in [4.78, 5) is 10.8. The Morgan fingerprint density at radius 1 is 1.37 bits per heavy atom. The molecule has 2 aromatic rings. The van der Waals surface area contributed by atoms with E-state index < -0.39 is 5.97 Å². The van der Waals surface area contributed by atoms with Crippen LogP contribution in [0.25, 0.3) is 11.3 Å². The summed E-state index contributed by atoms with van der Waals surface area (Å²) in [7, 11) is 1.50. The van der Waals surface area contributed by atoms with E-state index in [1.807, 2.05) is 19.9 Å². The number of hydrogen-bond acceptors (Lipinski definition) is 4. The van der Waals surface area contributed by atoms with Gasteiger partial charge in [-0.3, -0.25) is 0 Å². The zero-order valence-corrected chi connectivity index (χ0v) is 11.4. The molecular weight excluding hydrogens is 270 g/mol. The van der Waals surface area contributed by atoms with Gasteiger partial charge in [0.1, 0.15) is 11.4 Å². The van der Waals surface area contributed by atoms with Gasteiger partial charge in [0.25, 0.3) is 0 Å². The Morgan fingerprint density at radius 3 is 2.58 bits per heavy atom. The quantitative estimate of drug-likeness (QED) is 0.934. The summed E-state index contributed by atoms with van der Waals surface area (Å²) in [5, 5.41) is 13.1. The van der Waals surface area contributed by atoms with Crippen molar-refractivity contribution in [3.63, 3.8) is 0 Å². The lowest BCUT2D eigenvalue weighted by molar-refractivity contribution is 0.0652. The van der Waals surface area contributed by atoms with Crippen LogP contribution in [0.3, 0.4) is 0 Å². The molecule has 0 bridgehead atoms. The molecule has 0 saturated carbocycles. The van der Waals surface area contributed by atoms with Crippen molar-refractivity contribution < 1.29 is 19.2 Å². The Labute approximate surface area is 114 Å². The summed E-state index contributed by atoms with van der Waals surface area (Å²) in [5.41, 5.74) is 2.77. The number of nitrogens with zero attached hydrogens (tertiary/aromatic N) is 1. The van der Waals surface area contributed by atoms with E-state index in [0.29, 0.717) is 22.0 Å². The lowest BCUT2D eigenvalue weighted by Gasteiger charge is -2.13. The van der Waals surface area contributed by atoms with Crippen molar-refractivity contribution in [2.45, 2.75) is 13.8 Å². The van der Waals surface area contributed by atoms with Crippen LogP contribution in [0.5, 0.6) is 5.75 Å². The SMILES string of the molecule is COc1c(Cl)c(C)cc(C)c1-c1cc(C(=O)O)on1. The highest BCUT2D eigenvalue weighted by molar-refractivity contribution is 6.33. The van der Waals surface area contributed by atoms with E-state index in [2.05, 4.69) is 5.16 Å². The predicted octanol–water partition coefficient (Wildman–Crippen LogP) is 3.32. The first-order valence-corrected chi connectivity index (χ1v) is 5.87.